The lowest BCUT2D eigenvalue weighted by Gasteiger charge is -2.22. The fourth-order valence-corrected chi connectivity index (χ4v) is 2.02. The molecule has 1 saturated carbocycles. The Hall–Kier alpha value is -1.72. The average Bonchev–Trinajstić information content (AvgIpc) is 2.58. The third kappa shape index (κ3) is 1.64. The van der Waals surface area contributed by atoms with E-state index in [4.69, 9.17) is 0 Å². The second kappa shape index (κ2) is 3.65. The number of alkyl halides is 2. The predicted octanol–water partition coefficient (Wildman–Crippen LogP) is 2.23. The molecule has 1 N–H and O–H groups in total. The fourth-order valence-electron chi connectivity index (χ4n) is 2.02. The minimum absolute atomic E-state index is 0.273. The average molecular weight is 239 g/mol. The van der Waals surface area contributed by atoms with E-state index in [1.165, 1.54) is 10.6 Å². The summed E-state index contributed by atoms with van der Waals surface area (Å²) < 4.78 is 26.3. The van der Waals surface area contributed by atoms with Crippen molar-refractivity contribution in [2.75, 3.05) is 0 Å². The van der Waals surface area contributed by atoms with Gasteiger partial charge in [-0.3, -0.25) is 9.89 Å². The van der Waals surface area contributed by atoms with Crippen LogP contribution in [0.3, 0.4) is 0 Å². The topological polar surface area (TPSA) is 50.2 Å². The molecule has 0 saturated heterocycles. The van der Waals surface area contributed by atoms with E-state index in [2.05, 4.69) is 10.1 Å². The van der Waals surface area contributed by atoms with E-state index in [-0.39, 0.29) is 11.2 Å². The molecule has 0 aliphatic heterocycles. The molecule has 2 aromatic heterocycles. The van der Waals surface area contributed by atoms with Gasteiger partial charge in [0.2, 0.25) is 0 Å². The zero-order chi connectivity index (χ0) is 12.0. The first-order valence-electron chi connectivity index (χ1n) is 5.56. The predicted molar refractivity (Wildman–Crippen MR) is 57.4 cm³/mol. The van der Waals surface area contributed by atoms with Gasteiger partial charge in [-0.2, -0.15) is 0 Å². The first kappa shape index (κ1) is 10.4. The van der Waals surface area contributed by atoms with Gasteiger partial charge in [0.25, 0.3) is 12.0 Å². The summed E-state index contributed by atoms with van der Waals surface area (Å²) in [5, 5.41) is 2.88. The van der Waals surface area contributed by atoms with Gasteiger partial charge in [-0.1, -0.05) is 6.42 Å². The normalized spacial score (nSPS) is 16.6. The maximum atomic E-state index is 12.5. The van der Waals surface area contributed by atoms with Gasteiger partial charge >= 0.3 is 0 Å². The molecule has 0 atom stereocenters. The molecule has 4 nitrogen and oxygen atoms in total. The largest absolute Gasteiger partial charge is 0.276 e. The molecule has 0 spiro atoms. The minimum atomic E-state index is -2.64. The van der Waals surface area contributed by atoms with E-state index >= 15 is 0 Å². The highest BCUT2D eigenvalue weighted by molar-refractivity contribution is 5.41. The Kier molecular flexibility index (Phi) is 2.24. The van der Waals surface area contributed by atoms with E-state index in [1.807, 2.05) is 0 Å². The van der Waals surface area contributed by atoms with E-state index in [9.17, 15) is 13.6 Å². The molecular formula is C11H11F2N3O. The van der Waals surface area contributed by atoms with Crippen LogP contribution in [0.2, 0.25) is 0 Å². The molecular weight excluding hydrogens is 228 g/mol. The van der Waals surface area contributed by atoms with Crippen LogP contribution in [-0.2, 0) is 0 Å². The van der Waals surface area contributed by atoms with Crippen LogP contribution >= 0.6 is 0 Å². The van der Waals surface area contributed by atoms with Gasteiger partial charge in [-0.05, 0) is 18.9 Å². The van der Waals surface area contributed by atoms with E-state index in [0.717, 1.165) is 31.2 Å². The standard InChI is InChI=1S/C11H11F2N3O/c12-10(13)7-4-8-14-11(6-2-1-3-6)15-16(8)9(17)5-7/h4-6,10H,1-3H2,(H,14,15). The smallest absolute Gasteiger partial charge is 0.271 e. The van der Waals surface area contributed by atoms with Crippen LogP contribution < -0.4 is 5.56 Å². The zero-order valence-corrected chi connectivity index (χ0v) is 8.99. The molecule has 3 rings (SSSR count). The molecule has 2 heterocycles. The van der Waals surface area contributed by atoms with Crippen molar-refractivity contribution in [2.24, 2.45) is 0 Å². The van der Waals surface area contributed by atoms with Crippen molar-refractivity contribution in [1.29, 1.82) is 0 Å². The van der Waals surface area contributed by atoms with Gasteiger partial charge in [0.05, 0.1) is 0 Å². The van der Waals surface area contributed by atoms with Crippen molar-refractivity contribution in [3.63, 3.8) is 0 Å². The molecule has 2 aromatic rings. The van der Waals surface area contributed by atoms with Gasteiger partial charge in [0, 0.05) is 17.5 Å². The number of nitrogens with zero attached hydrogens (tertiary/aromatic N) is 2. The number of rotatable bonds is 2. The highest BCUT2D eigenvalue weighted by Gasteiger charge is 2.23. The monoisotopic (exact) mass is 239 g/mol. The molecule has 0 amide bonds. The number of pyridine rings is 1. The molecule has 6 heteroatoms. The van der Waals surface area contributed by atoms with Crippen LogP contribution in [-0.4, -0.2) is 14.6 Å². The van der Waals surface area contributed by atoms with Crippen LogP contribution in [0.1, 0.15) is 43.0 Å². The Morgan fingerprint density at radius 1 is 1.41 bits per heavy atom. The highest BCUT2D eigenvalue weighted by atomic mass is 19.3. The first-order valence-corrected chi connectivity index (χ1v) is 5.56. The van der Waals surface area contributed by atoms with Crippen molar-refractivity contribution in [1.82, 2.24) is 14.6 Å². The van der Waals surface area contributed by atoms with Crippen molar-refractivity contribution < 1.29 is 8.78 Å². The molecule has 1 aliphatic carbocycles. The maximum absolute atomic E-state index is 12.5. The van der Waals surface area contributed by atoms with E-state index in [0.29, 0.717) is 5.92 Å². The van der Waals surface area contributed by atoms with Gasteiger partial charge < -0.3 is 0 Å². The summed E-state index contributed by atoms with van der Waals surface area (Å²) in [6, 6.07) is 2.20. The lowest BCUT2D eigenvalue weighted by molar-refractivity contribution is 0.151. The summed E-state index contributed by atoms with van der Waals surface area (Å²) in [6.45, 7) is 0. The second-order valence-corrected chi connectivity index (χ2v) is 4.36. The number of aromatic nitrogens is 3. The maximum Gasteiger partial charge on any atom is 0.271 e. The summed E-state index contributed by atoms with van der Waals surface area (Å²) in [6.07, 6.45) is 0.586. The third-order valence-corrected chi connectivity index (χ3v) is 3.24. The van der Waals surface area contributed by atoms with Gasteiger partial charge in [0.15, 0.2) is 5.65 Å². The number of H-pyrrole nitrogens is 1. The Balaban J connectivity index is 2.14. The van der Waals surface area contributed by atoms with Crippen molar-refractivity contribution in [2.45, 2.75) is 31.6 Å². The molecule has 1 aliphatic rings. The first-order chi connectivity index (χ1) is 8.15. The summed E-state index contributed by atoms with van der Waals surface area (Å²) in [7, 11) is 0. The molecule has 17 heavy (non-hydrogen) atoms. The molecule has 0 aromatic carbocycles. The Labute approximate surface area is 95.3 Å². The Bertz CT molecular complexity index is 613. The molecule has 0 radical (unpaired) electrons. The Morgan fingerprint density at radius 2 is 2.18 bits per heavy atom. The lowest BCUT2D eigenvalue weighted by atomic mass is 9.85. The summed E-state index contributed by atoms with van der Waals surface area (Å²) in [5.41, 5.74) is -0.493. The highest BCUT2D eigenvalue weighted by Crippen LogP contribution is 2.34. The molecule has 0 unspecified atom stereocenters. The van der Waals surface area contributed by atoms with Crippen molar-refractivity contribution in [3.05, 3.63) is 33.9 Å². The summed E-state index contributed by atoms with van der Waals surface area (Å²) in [5.74, 6) is 1.06. The van der Waals surface area contributed by atoms with Crippen LogP contribution in [0.15, 0.2) is 16.9 Å². The summed E-state index contributed by atoms with van der Waals surface area (Å²) >= 11 is 0. The lowest BCUT2D eigenvalue weighted by Crippen LogP contribution is -2.15. The van der Waals surface area contributed by atoms with Crippen LogP contribution in [0.5, 0.6) is 0 Å². The van der Waals surface area contributed by atoms with Gasteiger partial charge in [-0.25, -0.2) is 18.3 Å². The zero-order valence-electron chi connectivity index (χ0n) is 8.99. The van der Waals surface area contributed by atoms with E-state index in [1.54, 1.807) is 0 Å². The quantitative estimate of drug-likeness (QED) is 0.873. The van der Waals surface area contributed by atoms with Crippen LogP contribution in [0, 0.1) is 0 Å². The number of nitrogens with one attached hydrogen (secondary N) is 1. The fraction of sp³-hybridized carbons (Fsp3) is 0.455. The van der Waals surface area contributed by atoms with Crippen LogP contribution in [0.4, 0.5) is 8.78 Å². The SMILES string of the molecule is O=c1cc(C(F)F)cc2nc(C3CCC3)[nH]n12. The Morgan fingerprint density at radius 3 is 2.76 bits per heavy atom. The summed E-state index contributed by atoms with van der Waals surface area (Å²) in [4.78, 5) is 15.8. The second-order valence-electron chi connectivity index (χ2n) is 4.36. The number of hydrogen-bond acceptors (Lipinski definition) is 2. The molecule has 90 valence electrons. The van der Waals surface area contributed by atoms with Gasteiger partial charge in [0.1, 0.15) is 5.82 Å². The van der Waals surface area contributed by atoms with Gasteiger partial charge in [-0.15, -0.1) is 0 Å². The number of halogens is 2. The number of fused-ring (bicyclic) bond motifs is 1. The third-order valence-electron chi connectivity index (χ3n) is 3.24. The van der Waals surface area contributed by atoms with E-state index < -0.39 is 12.0 Å². The van der Waals surface area contributed by atoms with Crippen molar-refractivity contribution >= 4 is 5.65 Å². The molecule has 0 bridgehead atoms. The molecule has 1 fully saturated rings. The van der Waals surface area contributed by atoms with Crippen molar-refractivity contribution in [3.8, 4) is 0 Å². The van der Waals surface area contributed by atoms with Crippen LogP contribution in [0.25, 0.3) is 5.65 Å². The minimum Gasteiger partial charge on any atom is -0.276 e. The number of hydrogen-bond donors (Lipinski definition) is 1. The number of aromatic amines is 1.